The summed E-state index contributed by atoms with van der Waals surface area (Å²) in [6, 6.07) is 12.1. The van der Waals surface area contributed by atoms with Crippen molar-refractivity contribution in [1.29, 1.82) is 0 Å². The first-order valence-electron chi connectivity index (χ1n) is 6.93. The normalized spacial score (nSPS) is 15.3. The Kier molecular flexibility index (Phi) is 3.42. The average molecular weight is 267 g/mol. The molecule has 1 N–H and O–H groups in total. The second kappa shape index (κ2) is 5.37. The molecule has 0 fully saturated rings. The second-order valence-electron chi connectivity index (χ2n) is 4.88. The van der Waals surface area contributed by atoms with E-state index in [1.807, 2.05) is 31.2 Å². The van der Waals surface area contributed by atoms with Crippen LogP contribution >= 0.6 is 0 Å². The lowest BCUT2D eigenvalue weighted by Crippen LogP contribution is -2.05. The number of hydrogen-bond donors (Lipinski definition) is 1. The van der Waals surface area contributed by atoms with Crippen molar-refractivity contribution >= 4 is 17.6 Å². The standard InChI is InChI=1S/C17H17NO2/c1-2-20-17(19)15-11-14-9-8-13(16(14)18-15)10-12-6-4-3-5-7-12/h3-7,10-11,18H,2,8-9H2,1H3. The summed E-state index contributed by atoms with van der Waals surface area (Å²) in [5.74, 6) is -0.277. The SMILES string of the molecule is CCOC(=O)c1cc2c([nH]1)C(=Cc1ccccc1)CC2. The molecule has 0 atom stereocenters. The molecule has 102 valence electrons. The Morgan fingerprint density at radius 1 is 1.30 bits per heavy atom. The number of hydrogen-bond acceptors (Lipinski definition) is 2. The number of nitrogens with one attached hydrogen (secondary N) is 1. The molecule has 0 saturated carbocycles. The Labute approximate surface area is 118 Å². The van der Waals surface area contributed by atoms with Crippen LogP contribution < -0.4 is 0 Å². The van der Waals surface area contributed by atoms with Crippen molar-refractivity contribution in [1.82, 2.24) is 4.98 Å². The van der Waals surface area contributed by atoms with Crippen LogP contribution in [-0.4, -0.2) is 17.6 Å². The van der Waals surface area contributed by atoms with E-state index in [0.29, 0.717) is 12.3 Å². The van der Waals surface area contributed by atoms with Crippen molar-refractivity contribution in [2.24, 2.45) is 0 Å². The molecule has 0 radical (unpaired) electrons. The monoisotopic (exact) mass is 267 g/mol. The van der Waals surface area contributed by atoms with Crippen LogP contribution in [0.5, 0.6) is 0 Å². The Bertz CT molecular complexity index is 653. The summed E-state index contributed by atoms with van der Waals surface area (Å²) in [6.45, 7) is 2.21. The van der Waals surface area contributed by atoms with E-state index in [1.165, 1.54) is 16.7 Å². The lowest BCUT2D eigenvalue weighted by Gasteiger charge is -2.01. The zero-order valence-corrected chi connectivity index (χ0v) is 11.5. The summed E-state index contributed by atoms with van der Waals surface area (Å²) in [7, 11) is 0. The van der Waals surface area contributed by atoms with Gasteiger partial charge in [-0.2, -0.15) is 0 Å². The number of rotatable bonds is 3. The maximum Gasteiger partial charge on any atom is 0.354 e. The van der Waals surface area contributed by atoms with E-state index in [9.17, 15) is 4.79 Å². The fourth-order valence-electron chi connectivity index (χ4n) is 2.59. The van der Waals surface area contributed by atoms with Gasteiger partial charge in [0.1, 0.15) is 5.69 Å². The molecule has 3 heteroatoms. The Morgan fingerprint density at radius 3 is 2.85 bits per heavy atom. The van der Waals surface area contributed by atoms with E-state index >= 15 is 0 Å². The number of esters is 1. The molecule has 20 heavy (non-hydrogen) atoms. The summed E-state index contributed by atoms with van der Waals surface area (Å²) in [6.07, 6.45) is 4.17. The van der Waals surface area contributed by atoms with Gasteiger partial charge in [-0.3, -0.25) is 0 Å². The molecule has 1 heterocycles. The van der Waals surface area contributed by atoms with Crippen LogP contribution in [0.4, 0.5) is 0 Å². The number of allylic oxidation sites excluding steroid dienone is 1. The van der Waals surface area contributed by atoms with Gasteiger partial charge in [0.2, 0.25) is 0 Å². The van der Waals surface area contributed by atoms with Gasteiger partial charge in [-0.1, -0.05) is 30.3 Å². The molecule has 3 nitrogen and oxygen atoms in total. The lowest BCUT2D eigenvalue weighted by molar-refractivity contribution is 0.0520. The quantitative estimate of drug-likeness (QED) is 0.862. The zero-order valence-electron chi connectivity index (χ0n) is 11.5. The molecule has 0 spiro atoms. The molecule has 3 rings (SSSR count). The molecule has 1 aromatic carbocycles. The van der Waals surface area contributed by atoms with Gasteiger partial charge in [0.05, 0.1) is 6.61 Å². The van der Waals surface area contributed by atoms with E-state index in [2.05, 4.69) is 23.2 Å². The van der Waals surface area contributed by atoms with E-state index in [-0.39, 0.29) is 5.97 Å². The second-order valence-corrected chi connectivity index (χ2v) is 4.88. The zero-order chi connectivity index (χ0) is 13.9. The molecular formula is C17H17NO2. The summed E-state index contributed by atoms with van der Waals surface area (Å²) in [4.78, 5) is 14.9. The summed E-state index contributed by atoms with van der Waals surface area (Å²) >= 11 is 0. The highest BCUT2D eigenvalue weighted by atomic mass is 16.5. The molecular weight excluding hydrogens is 250 g/mol. The van der Waals surface area contributed by atoms with E-state index < -0.39 is 0 Å². The maximum absolute atomic E-state index is 11.7. The van der Waals surface area contributed by atoms with Crippen LogP contribution in [0, 0.1) is 0 Å². The number of benzene rings is 1. The first-order valence-corrected chi connectivity index (χ1v) is 6.93. The summed E-state index contributed by atoms with van der Waals surface area (Å²) in [5.41, 5.74) is 5.27. The number of carbonyl (C=O) groups excluding carboxylic acids is 1. The molecule has 2 aromatic rings. The highest BCUT2D eigenvalue weighted by Crippen LogP contribution is 2.33. The minimum absolute atomic E-state index is 0.277. The van der Waals surface area contributed by atoms with Gasteiger partial charge in [0, 0.05) is 5.69 Å². The van der Waals surface area contributed by atoms with Gasteiger partial charge >= 0.3 is 5.97 Å². The maximum atomic E-state index is 11.7. The molecule has 0 amide bonds. The van der Waals surface area contributed by atoms with Crippen LogP contribution in [0.2, 0.25) is 0 Å². The Hall–Kier alpha value is -2.29. The molecule has 0 aliphatic heterocycles. The average Bonchev–Trinajstić information content (AvgIpc) is 3.02. The topological polar surface area (TPSA) is 42.1 Å². The van der Waals surface area contributed by atoms with Crippen molar-refractivity contribution in [3.8, 4) is 0 Å². The van der Waals surface area contributed by atoms with Crippen LogP contribution in [0.25, 0.3) is 11.6 Å². The molecule has 0 unspecified atom stereocenters. The van der Waals surface area contributed by atoms with Crippen LogP contribution in [0.3, 0.4) is 0 Å². The molecule has 0 bridgehead atoms. The van der Waals surface area contributed by atoms with Crippen LogP contribution in [0.1, 0.15) is 40.7 Å². The van der Waals surface area contributed by atoms with Gasteiger partial charge in [0.25, 0.3) is 0 Å². The number of aryl methyl sites for hydroxylation is 1. The minimum atomic E-state index is -0.277. The third kappa shape index (κ3) is 2.39. The fourth-order valence-corrected chi connectivity index (χ4v) is 2.59. The third-order valence-corrected chi connectivity index (χ3v) is 3.52. The van der Waals surface area contributed by atoms with Crippen molar-refractivity contribution in [3.63, 3.8) is 0 Å². The van der Waals surface area contributed by atoms with E-state index in [4.69, 9.17) is 4.74 Å². The fraction of sp³-hybridized carbons (Fsp3) is 0.235. The predicted octanol–water partition coefficient (Wildman–Crippen LogP) is 3.68. The number of aromatic nitrogens is 1. The van der Waals surface area contributed by atoms with Gasteiger partial charge < -0.3 is 9.72 Å². The third-order valence-electron chi connectivity index (χ3n) is 3.52. The van der Waals surface area contributed by atoms with Crippen molar-refractivity contribution in [3.05, 3.63) is 58.9 Å². The van der Waals surface area contributed by atoms with Crippen molar-refractivity contribution in [2.75, 3.05) is 6.61 Å². The van der Waals surface area contributed by atoms with Gasteiger partial charge in [-0.25, -0.2) is 4.79 Å². The number of aromatic amines is 1. The first kappa shape index (κ1) is 12.7. The Balaban J connectivity index is 1.90. The number of carbonyl (C=O) groups is 1. The number of fused-ring (bicyclic) bond motifs is 1. The number of H-pyrrole nitrogens is 1. The molecule has 1 aliphatic rings. The minimum Gasteiger partial charge on any atom is -0.461 e. The highest BCUT2D eigenvalue weighted by molar-refractivity contribution is 5.91. The van der Waals surface area contributed by atoms with Gasteiger partial charge in [0.15, 0.2) is 0 Å². The lowest BCUT2D eigenvalue weighted by atomic mass is 10.1. The highest BCUT2D eigenvalue weighted by Gasteiger charge is 2.22. The van der Waals surface area contributed by atoms with Gasteiger partial charge in [-0.05, 0) is 48.6 Å². The summed E-state index contributed by atoms with van der Waals surface area (Å²) in [5, 5.41) is 0. The smallest absolute Gasteiger partial charge is 0.354 e. The van der Waals surface area contributed by atoms with Crippen LogP contribution in [0.15, 0.2) is 36.4 Å². The summed E-state index contributed by atoms with van der Waals surface area (Å²) < 4.78 is 5.03. The largest absolute Gasteiger partial charge is 0.461 e. The van der Waals surface area contributed by atoms with Crippen molar-refractivity contribution < 1.29 is 9.53 Å². The molecule has 0 saturated heterocycles. The van der Waals surface area contributed by atoms with E-state index in [0.717, 1.165) is 18.5 Å². The van der Waals surface area contributed by atoms with Crippen LogP contribution in [-0.2, 0) is 11.2 Å². The first-order chi connectivity index (χ1) is 9.78. The predicted molar refractivity (Wildman–Crippen MR) is 79.4 cm³/mol. The van der Waals surface area contributed by atoms with Crippen molar-refractivity contribution in [2.45, 2.75) is 19.8 Å². The molecule has 1 aliphatic carbocycles. The Morgan fingerprint density at radius 2 is 2.10 bits per heavy atom. The number of ether oxygens (including phenoxy) is 1. The molecule has 1 aromatic heterocycles. The van der Waals surface area contributed by atoms with E-state index in [1.54, 1.807) is 0 Å². The van der Waals surface area contributed by atoms with Gasteiger partial charge in [-0.15, -0.1) is 0 Å².